The van der Waals surface area contributed by atoms with Crippen LogP contribution in [0.4, 0.5) is 5.00 Å². The van der Waals surface area contributed by atoms with Gasteiger partial charge < -0.3 is 20.0 Å². The molecular weight excluding hydrogens is 473 g/mol. The molecule has 1 amide bonds. The van der Waals surface area contributed by atoms with E-state index >= 15 is 0 Å². The van der Waals surface area contributed by atoms with Crippen molar-refractivity contribution in [3.05, 3.63) is 17.5 Å². The average Bonchev–Trinajstić information content (AvgIpc) is 3.20. The highest BCUT2D eigenvalue weighted by Crippen LogP contribution is 2.22. The van der Waals surface area contributed by atoms with Gasteiger partial charge in [0.2, 0.25) is 5.91 Å². The second kappa shape index (κ2) is 11.1. The normalized spacial score (nSPS) is 19.0. The van der Waals surface area contributed by atoms with Crippen molar-refractivity contribution >= 4 is 52.2 Å². The maximum atomic E-state index is 11.5. The van der Waals surface area contributed by atoms with E-state index in [1.54, 1.807) is 6.92 Å². The molecule has 0 unspecified atom stereocenters. The average molecular weight is 505 g/mol. The number of piperazine rings is 1. The number of nitrogens with one attached hydrogen (secondary N) is 1. The van der Waals surface area contributed by atoms with Gasteiger partial charge in [0.05, 0.1) is 5.00 Å². The third kappa shape index (κ3) is 6.23. The molecule has 8 heteroatoms. The van der Waals surface area contributed by atoms with Crippen LogP contribution in [0, 0.1) is 5.92 Å². The third-order valence-electron chi connectivity index (χ3n) is 5.29. The van der Waals surface area contributed by atoms with Crippen molar-refractivity contribution in [2.45, 2.75) is 26.7 Å². The Kier molecular flexibility index (Phi) is 9.14. The number of amides is 1. The minimum atomic E-state index is 0. The molecule has 27 heavy (non-hydrogen) atoms. The van der Waals surface area contributed by atoms with Crippen molar-refractivity contribution in [1.82, 2.24) is 15.1 Å². The van der Waals surface area contributed by atoms with Crippen molar-refractivity contribution in [2.75, 3.05) is 57.3 Å². The highest BCUT2D eigenvalue weighted by Gasteiger charge is 2.23. The second-order valence-corrected chi connectivity index (χ2v) is 8.00. The zero-order valence-electron chi connectivity index (χ0n) is 16.4. The summed E-state index contributed by atoms with van der Waals surface area (Å²) in [4.78, 5) is 23.2. The number of carbonyl (C=O) groups is 1. The predicted octanol–water partition coefficient (Wildman–Crippen LogP) is 2.71. The van der Waals surface area contributed by atoms with Crippen LogP contribution in [-0.4, -0.2) is 74.0 Å². The first-order valence-electron chi connectivity index (χ1n) is 9.74. The van der Waals surface area contributed by atoms with Crippen LogP contribution in [0.3, 0.4) is 0 Å². The number of halogens is 1. The van der Waals surface area contributed by atoms with Crippen LogP contribution in [0.1, 0.15) is 26.7 Å². The molecule has 1 aromatic rings. The number of thiophene rings is 1. The van der Waals surface area contributed by atoms with E-state index in [4.69, 9.17) is 4.99 Å². The van der Waals surface area contributed by atoms with Crippen LogP contribution in [0.5, 0.6) is 0 Å². The molecule has 0 saturated carbocycles. The lowest BCUT2D eigenvalue weighted by atomic mass is 9.97. The van der Waals surface area contributed by atoms with Gasteiger partial charge in [0.1, 0.15) is 0 Å². The van der Waals surface area contributed by atoms with Gasteiger partial charge in [-0.05, 0) is 43.2 Å². The number of nitrogens with zero attached hydrogens (tertiary/aromatic N) is 4. The van der Waals surface area contributed by atoms with Crippen molar-refractivity contribution in [3.63, 3.8) is 0 Å². The van der Waals surface area contributed by atoms with E-state index in [0.29, 0.717) is 5.92 Å². The van der Waals surface area contributed by atoms with Gasteiger partial charge in [-0.25, -0.2) is 0 Å². The van der Waals surface area contributed by atoms with Gasteiger partial charge in [-0.15, -0.1) is 35.3 Å². The highest BCUT2D eigenvalue weighted by molar-refractivity contribution is 14.0. The molecule has 0 atom stereocenters. The van der Waals surface area contributed by atoms with E-state index in [0.717, 1.165) is 71.2 Å². The lowest BCUT2D eigenvalue weighted by molar-refractivity contribution is -0.130. The van der Waals surface area contributed by atoms with Crippen LogP contribution >= 0.6 is 35.3 Å². The minimum absolute atomic E-state index is 0. The van der Waals surface area contributed by atoms with E-state index in [-0.39, 0.29) is 29.9 Å². The summed E-state index contributed by atoms with van der Waals surface area (Å²) in [7, 11) is 0. The minimum Gasteiger partial charge on any atom is -0.360 e. The third-order valence-corrected chi connectivity index (χ3v) is 6.22. The molecule has 0 aromatic carbocycles. The first kappa shape index (κ1) is 22.3. The number of likely N-dealkylation sites (tertiary alicyclic amines) is 1. The van der Waals surface area contributed by atoms with Gasteiger partial charge >= 0.3 is 0 Å². The number of rotatable bonds is 4. The Morgan fingerprint density at radius 2 is 1.89 bits per heavy atom. The van der Waals surface area contributed by atoms with Crippen LogP contribution in [0.15, 0.2) is 22.5 Å². The Morgan fingerprint density at radius 3 is 2.44 bits per heavy atom. The van der Waals surface area contributed by atoms with E-state index in [1.807, 2.05) is 16.2 Å². The molecule has 1 N–H and O–H groups in total. The van der Waals surface area contributed by atoms with Crippen LogP contribution in [0.25, 0.3) is 0 Å². The Morgan fingerprint density at radius 1 is 1.19 bits per heavy atom. The van der Waals surface area contributed by atoms with E-state index in [9.17, 15) is 4.79 Å². The summed E-state index contributed by atoms with van der Waals surface area (Å²) in [6.07, 6.45) is 2.13. The quantitative estimate of drug-likeness (QED) is 0.389. The van der Waals surface area contributed by atoms with E-state index in [2.05, 4.69) is 39.6 Å². The van der Waals surface area contributed by atoms with Gasteiger partial charge in [0.25, 0.3) is 0 Å². The van der Waals surface area contributed by atoms with E-state index in [1.165, 1.54) is 5.00 Å². The molecule has 0 aliphatic carbocycles. The molecule has 1 aromatic heterocycles. The summed E-state index contributed by atoms with van der Waals surface area (Å²) in [5, 5.41) is 6.97. The summed E-state index contributed by atoms with van der Waals surface area (Å²) < 4.78 is 0. The van der Waals surface area contributed by atoms with Crippen molar-refractivity contribution in [1.29, 1.82) is 0 Å². The first-order chi connectivity index (χ1) is 12.7. The summed E-state index contributed by atoms with van der Waals surface area (Å²) in [5.41, 5.74) is 0. The molecule has 0 bridgehead atoms. The van der Waals surface area contributed by atoms with Gasteiger partial charge in [0.15, 0.2) is 5.96 Å². The summed E-state index contributed by atoms with van der Waals surface area (Å²) >= 11 is 1.81. The standard InChI is InChI=1S/C19H31N5OS.HI/c1-3-20-19(21-15-17-6-8-22(9-7-17)16(2)25)24-12-10-23(11-13-24)18-5-4-14-26-18;/h4-5,14,17H,3,6-13,15H2,1-2H3,(H,20,21);1H. The Bertz CT molecular complexity index is 593. The van der Waals surface area contributed by atoms with Crippen molar-refractivity contribution in [2.24, 2.45) is 10.9 Å². The smallest absolute Gasteiger partial charge is 0.219 e. The van der Waals surface area contributed by atoms with Crippen molar-refractivity contribution < 1.29 is 4.79 Å². The lowest BCUT2D eigenvalue weighted by Gasteiger charge is -2.37. The Labute approximate surface area is 184 Å². The zero-order valence-corrected chi connectivity index (χ0v) is 19.5. The topological polar surface area (TPSA) is 51.2 Å². The molecule has 0 radical (unpaired) electrons. The first-order valence-corrected chi connectivity index (χ1v) is 10.6. The van der Waals surface area contributed by atoms with Crippen LogP contribution < -0.4 is 10.2 Å². The molecule has 3 heterocycles. The zero-order chi connectivity index (χ0) is 18.4. The molecule has 2 aliphatic rings. The van der Waals surface area contributed by atoms with Gasteiger partial charge in [-0.2, -0.15) is 0 Å². The monoisotopic (exact) mass is 505 g/mol. The fourth-order valence-electron chi connectivity index (χ4n) is 3.66. The summed E-state index contributed by atoms with van der Waals surface area (Å²) in [5.74, 6) is 1.84. The Balaban J connectivity index is 0.00000261. The predicted molar refractivity (Wildman–Crippen MR) is 124 cm³/mol. The fraction of sp³-hybridized carbons (Fsp3) is 0.684. The molecular formula is C19H32IN5OS. The van der Waals surface area contributed by atoms with Gasteiger partial charge in [-0.1, -0.05) is 0 Å². The maximum absolute atomic E-state index is 11.5. The van der Waals surface area contributed by atoms with Gasteiger partial charge in [-0.3, -0.25) is 9.79 Å². The Hall–Kier alpha value is -1.03. The molecule has 152 valence electrons. The van der Waals surface area contributed by atoms with Crippen LogP contribution in [-0.2, 0) is 4.79 Å². The number of hydrogen-bond acceptors (Lipinski definition) is 4. The molecule has 2 fully saturated rings. The van der Waals surface area contributed by atoms with E-state index < -0.39 is 0 Å². The molecule has 0 spiro atoms. The summed E-state index contributed by atoms with van der Waals surface area (Å²) in [6.45, 7) is 11.4. The number of piperidine rings is 1. The van der Waals surface area contributed by atoms with Crippen LogP contribution in [0.2, 0.25) is 0 Å². The maximum Gasteiger partial charge on any atom is 0.219 e. The second-order valence-electron chi connectivity index (χ2n) is 7.07. The number of carbonyl (C=O) groups excluding carboxylic acids is 1. The number of hydrogen-bond donors (Lipinski definition) is 1. The van der Waals surface area contributed by atoms with Crippen molar-refractivity contribution in [3.8, 4) is 0 Å². The fourth-order valence-corrected chi connectivity index (χ4v) is 4.45. The lowest BCUT2D eigenvalue weighted by Crippen LogP contribution is -2.52. The number of anilines is 1. The molecule has 3 rings (SSSR count). The summed E-state index contributed by atoms with van der Waals surface area (Å²) in [6, 6.07) is 4.32. The molecule has 2 saturated heterocycles. The molecule has 6 nitrogen and oxygen atoms in total. The highest BCUT2D eigenvalue weighted by atomic mass is 127. The SMILES string of the molecule is CCNC(=NCC1CCN(C(C)=O)CC1)N1CCN(c2cccs2)CC1.I. The van der Waals surface area contributed by atoms with Gasteiger partial charge in [0, 0.05) is 59.3 Å². The number of aliphatic imine (C=N–C) groups is 1. The number of guanidine groups is 1. The largest absolute Gasteiger partial charge is 0.360 e. The molecule has 2 aliphatic heterocycles.